The van der Waals surface area contributed by atoms with Crippen molar-refractivity contribution in [2.24, 2.45) is 5.73 Å². The maximum absolute atomic E-state index is 6.13. The van der Waals surface area contributed by atoms with Gasteiger partial charge in [-0.1, -0.05) is 12.5 Å². The van der Waals surface area contributed by atoms with E-state index in [1.807, 2.05) is 0 Å². The van der Waals surface area contributed by atoms with Gasteiger partial charge in [-0.05, 0) is 43.2 Å². The quantitative estimate of drug-likeness (QED) is 0.736. The summed E-state index contributed by atoms with van der Waals surface area (Å²) in [4.78, 5) is 1.36. The van der Waals surface area contributed by atoms with Gasteiger partial charge in [-0.2, -0.15) is 0 Å². The first-order valence-electron chi connectivity index (χ1n) is 5.11. The highest BCUT2D eigenvalue weighted by Gasteiger charge is 2.11. The third kappa shape index (κ3) is 2.96. The summed E-state index contributed by atoms with van der Waals surface area (Å²) < 4.78 is 0. The number of allylic oxidation sites excluding steroid dienone is 1. The van der Waals surface area contributed by atoms with Crippen molar-refractivity contribution < 1.29 is 0 Å². The molecule has 0 bridgehead atoms. The van der Waals surface area contributed by atoms with Gasteiger partial charge in [-0.3, -0.25) is 0 Å². The summed E-state index contributed by atoms with van der Waals surface area (Å²) in [5, 5.41) is 2.13. The second kappa shape index (κ2) is 5.32. The summed E-state index contributed by atoms with van der Waals surface area (Å²) in [6.45, 7) is 8.13. The van der Waals surface area contributed by atoms with E-state index in [0.717, 1.165) is 19.3 Å². The molecule has 2 heteroatoms. The highest BCUT2D eigenvalue weighted by Crippen LogP contribution is 2.27. The smallest absolute Gasteiger partial charge is 0.0395 e. The number of rotatable bonds is 5. The van der Waals surface area contributed by atoms with Crippen LogP contribution < -0.4 is 5.73 Å². The summed E-state index contributed by atoms with van der Waals surface area (Å²) in [6.07, 6.45) is 3.13. The molecule has 1 unspecified atom stereocenters. The van der Waals surface area contributed by atoms with Crippen LogP contribution in [0.15, 0.2) is 23.6 Å². The summed E-state index contributed by atoms with van der Waals surface area (Å²) in [5.41, 5.74) is 8.76. The second-order valence-electron chi connectivity index (χ2n) is 3.77. The third-order valence-corrected chi connectivity index (χ3v) is 3.47. The lowest BCUT2D eigenvalue weighted by molar-refractivity contribution is 0.654. The van der Waals surface area contributed by atoms with Gasteiger partial charge in [-0.15, -0.1) is 17.9 Å². The van der Waals surface area contributed by atoms with Crippen molar-refractivity contribution in [1.82, 2.24) is 0 Å². The van der Waals surface area contributed by atoms with E-state index in [2.05, 4.69) is 31.9 Å². The van der Waals surface area contributed by atoms with E-state index >= 15 is 0 Å². The van der Waals surface area contributed by atoms with E-state index in [1.54, 1.807) is 11.3 Å². The predicted molar refractivity (Wildman–Crippen MR) is 64.7 cm³/mol. The molecule has 14 heavy (non-hydrogen) atoms. The number of hydrogen-bond acceptors (Lipinski definition) is 2. The molecule has 0 aliphatic carbocycles. The lowest BCUT2D eigenvalue weighted by Gasteiger charge is -2.11. The highest BCUT2D eigenvalue weighted by atomic mass is 32.1. The maximum Gasteiger partial charge on any atom is 0.0395 e. The molecule has 1 rings (SSSR count). The van der Waals surface area contributed by atoms with Crippen LogP contribution in [0.3, 0.4) is 0 Å². The van der Waals surface area contributed by atoms with Crippen LogP contribution in [0.25, 0.3) is 0 Å². The SMILES string of the molecule is C=C(C)CCC(N)c1sccc1CC. The highest BCUT2D eigenvalue weighted by molar-refractivity contribution is 7.10. The van der Waals surface area contributed by atoms with Crippen LogP contribution in [0.2, 0.25) is 0 Å². The van der Waals surface area contributed by atoms with E-state index in [9.17, 15) is 0 Å². The first kappa shape index (κ1) is 11.5. The minimum atomic E-state index is 0.196. The van der Waals surface area contributed by atoms with E-state index in [1.165, 1.54) is 16.0 Å². The molecular weight excluding hydrogens is 190 g/mol. The Hall–Kier alpha value is -0.600. The van der Waals surface area contributed by atoms with E-state index in [-0.39, 0.29) is 6.04 Å². The van der Waals surface area contributed by atoms with Crippen molar-refractivity contribution >= 4 is 11.3 Å². The monoisotopic (exact) mass is 209 g/mol. The van der Waals surface area contributed by atoms with Crippen molar-refractivity contribution in [3.05, 3.63) is 34.0 Å². The van der Waals surface area contributed by atoms with Crippen molar-refractivity contribution in [3.63, 3.8) is 0 Å². The van der Waals surface area contributed by atoms with Gasteiger partial charge < -0.3 is 5.73 Å². The van der Waals surface area contributed by atoms with Gasteiger partial charge in [0.15, 0.2) is 0 Å². The molecule has 0 saturated heterocycles. The fourth-order valence-electron chi connectivity index (χ4n) is 1.50. The first-order valence-corrected chi connectivity index (χ1v) is 5.99. The molecule has 0 aliphatic heterocycles. The molecule has 78 valence electrons. The van der Waals surface area contributed by atoms with Crippen molar-refractivity contribution in [2.75, 3.05) is 0 Å². The molecule has 0 fully saturated rings. The largest absolute Gasteiger partial charge is 0.323 e. The summed E-state index contributed by atoms with van der Waals surface area (Å²) in [7, 11) is 0. The van der Waals surface area contributed by atoms with Crippen LogP contribution in [0.5, 0.6) is 0 Å². The summed E-state index contributed by atoms with van der Waals surface area (Å²) >= 11 is 1.78. The van der Waals surface area contributed by atoms with Gasteiger partial charge in [0, 0.05) is 10.9 Å². The first-order chi connectivity index (χ1) is 6.65. The molecular formula is C12H19NS. The summed E-state index contributed by atoms with van der Waals surface area (Å²) in [5.74, 6) is 0. The number of hydrogen-bond donors (Lipinski definition) is 1. The van der Waals surface area contributed by atoms with E-state index in [4.69, 9.17) is 5.73 Å². The molecule has 1 nitrogen and oxygen atoms in total. The molecule has 1 aromatic heterocycles. The minimum absolute atomic E-state index is 0.196. The topological polar surface area (TPSA) is 26.0 Å². The molecule has 0 spiro atoms. The molecule has 0 radical (unpaired) electrons. The molecule has 1 atom stereocenters. The van der Waals surface area contributed by atoms with Crippen LogP contribution in [0.1, 0.15) is 43.2 Å². The van der Waals surface area contributed by atoms with Crippen molar-refractivity contribution in [2.45, 2.75) is 39.2 Å². The second-order valence-corrected chi connectivity index (χ2v) is 4.71. The average molecular weight is 209 g/mol. The Morgan fingerprint density at radius 3 is 2.93 bits per heavy atom. The van der Waals surface area contributed by atoms with E-state index < -0.39 is 0 Å². The number of nitrogens with two attached hydrogens (primary N) is 1. The molecule has 1 aromatic rings. The van der Waals surface area contributed by atoms with Crippen molar-refractivity contribution in [3.8, 4) is 0 Å². The fraction of sp³-hybridized carbons (Fsp3) is 0.500. The Morgan fingerprint density at radius 2 is 2.36 bits per heavy atom. The average Bonchev–Trinajstić information content (AvgIpc) is 2.61. The summed E-state index contributed by atoms with van der Waals surface area (Å²) in [6, 6.07) is 2.38. The third-order valence-electron chi connectivity index (χ3n) is 2.38. The number of thiophene rings is 1. The zero-order valence-corrected chi connectivity index (χ0v) is 9.86. The zero-order valence-electron chi connectivity index (χ0n) is 9.05. The van der Waals surface area contributed by atoms with Crippen LogP contribution in [-0.4, -0.2) is 0 Å². The van der Waals surface area contributed by atoms with Gasteiger partial charge in [0.25, 0.3) is 0 Å². The Morgan fingerprint density at radius 1 is 1.64 bits per heavy atom. The fourth-order valence-corrected chi connectivity index (χ4v) is 2.53. The molecule has 0 aliphatic rings. The predicted octanol–water partition coefficient (Wildman–Crippen LogP) is 3.67. The standard InChI is InChI=1S/C12H19NS/c1-4-10-7-8-14-12(10)11(13)6-5-9(2)3/h7-8,11H,2,4-6,13H2,1,3H3. The zero-order chi connectivity index (χ0) is 10.6. The lowest BCUT2D eigenvalue weighted by atomic mass is 10.0. The Balaban J connectivity index is 2.59. The van der Waals surface area contributed by atoms with Crippen LogP contribution >= 0.6 is 11.3 Å². The van der Waals surface area contributed by atoms with Crippen LogP contribution in [0.4, 0.5) is 0 Å². The molecule has 0 aromatic carbocycles. The Labute approximate surface area is 90.6 Å². The lowest BCUT2D eigenvalue weighted by Crippen LogP contribution is -2.10. The molecule has 0 amide bonds. The van der Waals surface area contributed by atoms with Crippen LogP contribution in [-0.2, 0) is 6.42 Å². The van der Waals surface area contributed by atoms with E-state index in [0.29, 0.717) is 0 Å². The molecule has 1 heterocycles. The Bertz CT molecular complexity index is 301. The van der Waals surface area contributed by atoms with Crippen LogP contribution in [0, 0.1) is 0 Å². The normalized spacial score (nSPS) is 12.8. The molecule has 2 N–H and O–H groups in total. The maximum atomic E-state index is 6.13. The van der Waals surface area contributed by atoms with Gasteiger partial charge in [0.05, 0.1) is 0 Å². The van der Waals surface area contributed by atoms with Gasteiger partial charge >= 0.3 is 0 Å². The Kier molecular flexibility index (Phi) is 4.36. The number of aryl methyl sites for hydroxylation is 1. The van der Waals surface area contributed by atoms with Crippen molar-refractivity contribution in [1.29, 1.82) is 0 Å². The van der Waals surface area contributed by atoms with Gasteiger partial charge in [-0.25, -0.2) is 0 Å². The van der Waals surface area contributed by atoms with Gasteiger partial charge in [0.1, 0.15) is 0 Å². The minimum Gasteiger partial charge on any atom is -0.323 e. The molecule has 0 saturated carbocycles. The van der Waals surface area contributed by atoms with Gasteiger partial charge in [0.2, 0.25) is 0 Å².